The predicted molar refractivity (Wildman–Crippen MR) is 56.9 cm³/mol. The van der Waals surface area contributed by atoms with Crippen LogP contribution in [0.15, 0.2) is 0 Å². The van der Waals surface area contributed by atoms with Crippen LogP contribution in [0, 0.1) is 11.8 Å². The van der Waals surface area contributed by atoms with Crippen molar-refractivity contribution >= 4 is 11.8 Å². The Kier molecular flexibility index (Phi) is 4.32. The number of nitrogens with one attached hydrogen (secondary N) is 1. The summed E-state index contributed by atoms with van der Waals surface area (Å²) in [6, 6.07) is -0.370. The van der Waals surface area contributed by atoms with E-state index in [0.717, 1.165) is 6.42 Å². The van der Waals surface area contributed by atoms with Crippen molar-refractivity contribution in [3.8, 4) is 11.8 Å². The topological polar surface area (TPSA) is 49.4 Å². The Hall–Kier alpha value is -1.34. The van der Waals surface area contributed by atoms with E-state index in [9.17, 15) is 9.59 Å². The Labute approximate surface area is 90.0 Å². The van der Waals surface area contributed by atoms with Crippen LogP contribution in [0.3, 0.4) is 0 Å². The Bertz CT molecular complexity index is 314. The van der Waals surface area contributed by atoms with E-state index in [0.29, 0.717) is 13.1 Å². The highest BCUT2D eigenvalue weighted by molar-refractivity contribution is 6.05. The Balaban J connectivity index is 2.51. The lowest BCUT2D eigenvalue weighted by atomic mass is 10.2. The lowest BCUT2D eigenvalue weighted by Crippen LogP contribution is -2.39. The first-order valence-corrected chi connectivity index (χ1v) is 5.18. The zero-order valence-corrected chi connectivity index (χ0v) is 9.17. The first-order chi connectivity index (χ1) is 7.20. The van der Waals surface area contributed by atoms with Crippen molar-refractivity contribution in [2.45, 2.75) is 32.7 Å². The maximum Gasteiger partial charge on any atom is 0.246 e. The molecule has 0 aromatic rings. The van der Waals surface area contributed by atoms with E-state index in [1.807, 2.05) is 6.92 Å². The molecule has 0 spiro atoms. The van der Waals surface area contributed by atoms with Gasteiger partial charge in [0.1, 0.15) is 0 Å². The van der Waals surface area contributed by atoms with Gasteiger partial charge in [0.15, 0.2) is 0 Å². The molecule has 0 bridgehead atoms. The van der Waals surface area contributed by atoms with Gasteiger partial charge in [-0.3, -0.25) is 19.8 Å². The molecule has 1 rings (SSSR count). The van der Waals surface area contributed by atoms with E-state index in [-0.39, 0.29) is 24.3 Å². The molecule has 1 aliphatic rings. The highest BCUT2D eigenvalue weighted by atomic mass is 16.2. The lowest BCUT2D eigenvalue weighted by molar-refractivity contribution is -0.138. The minimum atomic E-state index is -0.370. The average molecular weight is 208 g/mol. The molecule has 0 saturated carbocycles. The molecule has 1 aliphatic heterocycles. The van der Waals surface area contributed by atoms with Crippen molar-refractivity contribution in [1.29, 1.82) is 0 Å². The van der Waals surface area contributed by atoms with Gasteiger partial charge >= 0.3 is 0 Å². The van der Waals surface area contributed by atoms with Crippen LogP contribution in [-0.2, 0) is 9.59 Å². The van der Waals surface area contributed by atoms with Crippen molar-refractivity contribution in [1.82, 2.24) is 10.2 Å². The third-order valence-corrected chi connectivity index (χ3v) is 2.30. The molecule has 82 valence electrons. The summed E-state index contributed by atoms with van der Waals surface area (Å²) in [5.41, 5.74) is 0. The maximum atomic E-state index is 11.7. The molecular formula is C11H16N2O2. The van der Waals surface area contributed by atoms with Gasteiger partial charge in [0.2, 0.25) is 11.8 Å². The van der Waals surface area contributed by atoms with E-state index in [1.165, 1.54) is 4.90 Å². The van der Waals surface area contributed by atoms with Gasteiger partial charge < -0.3 is 0 Å². The molecule has 1 fully saturated rings. The molecule has 4 nitrogen and oxygen atoms in total. The van der Waals surface area contributed by atoms with E-state index in [4.69, 9.17) is 0 Å². The summed E-state index contributed by atoms with van der Waals surface area (Å²) >= 11 is 0. The molecule has 2 amide bonds. The molecule has 0 aromatic heterocycles. The SMILES string of the molecule is CC#CCNC1CC(=O)N(CCC)C1=O. The maximum absolute atomic E-state index is 11.7. The molecule has 1 heterocycles. The summed E-state index contributed by atoms with van der Waals surface area (Å²) < 4.78 is 0. The third kappa shape index (κ3) is 2.80. The van der Waals surface area contributed by atoms with Crippen LogP contribution in [0.2, 0.25) is 0 Å². The minimum absolute atomic E-state index is 0.0798. The van der Waals surface area contributed by atoms with E-state index < -0.39 is 0 Å². The standard InChI is InChI=1S/C11H16N2O2/c1-3-5-6-12-9-8-10(14)13(7-4-2)11(9)15/h9,12H,4,6-8H2,1-2H3. The fourth-order valence-electron chi connectivity index (χ4n) is 1.56. The van der Waals surface area contributed by atoms with Crippen molar-refractivity contribution < 1.29 is 9.59 Å². The van der Waals surface area contributed by atoms with Gasteiger partial charge in [0.25, 0.3) is 0 Å². The van der Waals surface area contributed by atoms with E-state index >= 15 is 0 Å². The Morgan fingerprint density at radius 2 is 2.27 bits per heavy atom. The monoisotopic (exact) mass is 208 g/mol. The number of rotatable bonds is 4. The van der Waals surface area contributed by atoms with Gasteiger partial charge in [0.05, 0.1) is 19.0 Å². The first-order valence-electron chi connectivity index (χ1n) is 5.18. The summed E-state index contributed by atoms with van der Waals surface area (Å²) in [4.78, 5) is 24.5. The normalized spacial score (nSPS) is 20.4. The van der Waals surface area contributed by atoms with Crippen LogP contribution in [-0.4, -0.2) is 35.8 Å². The second kappa shape index (κ2) is 5.52. The van der Waals surface area contributed by atoms with Crippen LogP contribution in [0.4, 0.5) is 0 Å². The number of hydrogen-bond acceptors (Lipinski definition) is 3. The zero-order valence-electron chi connectivity index (χ0n) is 9.17. The molecule has 0 aliphatic carbocycles. The molecule has 4 heteroatoms. The summed E-state index contributed by atoms with van der Waals surface area (Å²) in [5.74, 6) is 5.35. The third-order valence-electron chi connectivity index (χ3n) is 2.30. The van der Waals surface area contributed by atoms with Crippen molar-refractivity contribution in [2.75, 3.05) is 13.1 Å². The molecule has 0 radical (unpaired) electrons. The number of hydrogen-bond donors (Lipinski definition) is 1. The molecule has 15 heavy (non-hydrogen) atoms. The number of likely N-dealkylation sites (tertiary alicyclic amines) is 1. The van der Waals surface area contributed by atoms with Gasteiger partial charge in [-0.05, 0) is 13.3 Å². The number of nitrogens with zero attached hydrogens (tertiary/aromatic N) is 1. The van der Waals surface area contributed by atoms with E-state index in [1.54, 1.807) is 6.92 Å². The summed E-state index contributed by atoms with van der Waals surface area (Å²) in [6.07, 6.45) is 1.07. The van der Waals surface area contributed by atoms with Gasteiger partial charge in [-0.2, -0.15) is 0 Å². The quantitative estimate of drug-likeness (QED) is 0.528. The minimum Gasteiger partial charge on any atom is -0.295 e. The second-order valence-corrected chi connectivity index (χ2v) is 3.45. The number of imide groups is 1. The largest absolute Gasteiger partial charge is 0.295 e. The number of carbonyl (C=O) groups is 2. The van der Waals surface area contributed by atoms with Crippen LogP contribution < -0.4 is 5.32 Å². The van der Waals surface area contributed by atoms with E-state index in [2.05, 4.69) is 17.2 Å². The molecule has 1 atom stereocenters. The van der Waals surface area contributed by atoms with Gasteiger partial charge in [-0.25, -0.2) is 0 Å². The smallest absolute Gasteiger partial charge is 0.246 e. The number of amides is 2. The molecule has 1 unspecified atom stereocenters. The van der Waals surface area contributed by atoms with Gasteiger partial charge in [0, 0.05) is 6.54 Å². The molecule has 1 N–H and O–H groups in total. The molecule has 0 aromatic carbocycles. The van der Waals surface area contributed by atoms with Gasteiger partial charge in [-0.1, -0.05) is 12.8 Å². The average Bonchev–Trinajstić information content (AvgIpc) is 2.47. The second-order valence-electron chi connectivity index (χ2n) is 3.45. The molecular weight excluding hydrogens is 192 g/mol. The summed E-state index contributed by atoms with van der Waals surface area (Å²) in [7, 11) is 0. The Morgan fingerprint density at radius 1 is 1.53 bits per heavy atom. The van der Waals surface area contributed by atoms with Crippen LogP contribution in [0.1, 0.15) is 26.7 Å². The van der Waals surface area contributed by atoms with Gasteiger partial charge in [-0.15, -0.1) is 5.92 Å². The highest BCUT2D eigenvalue weighted by Crippen LogP contribution is 2.12. The fraction of sp³-hybridized carbons (Fsp3) is 0.636. The van der Waals surface area contributed by atoms with Crippen molar-refractivity contribution in [3.05, 3.63) is 0 Å². The lowest BCUT2D eigenvalue weighted by Gasteiger charge is -2.13. The summed E-state index contributed by atoms with van der Waals surface area (Å²) in [5, 5.41) is 2.97. The predicted octanol–water partition coefficient (Wildman–Crippen LogP) is 0.137. The Morgan fingerprint density at radius 3 is 2.87 bits per heavy atom. The van der Waals surface area contributed by atoms with Crippen molar-refractivity contribution in [3.63, 3.8) is 0 Å². The zero-order chi connectivity index (χ0) is 11.3. The van der Waals surface area contributed by atoms with Crippen LogP contribution in [0.25, 0.3) is 0 Å². The van der Waals surface area contributed by atoms with Crippen LogP contribution >= 0.6 is 0 Å². The highest BCUT2D eigenvalue weighted by Gasteiger charge is 2.37. The van der Waals surface area contributed by atoms with Crippen LogP contribution in [0.5, 0.6) is 0 Å². The fourth-order valence-corrected chi connectivity index (χ4v) is 1.56. The number of carbonyl (C=O) groups excluding carboxylic acids is 2. The molecule has 1 saturated heterocycles. The summed E-state index contributed by atoms with van der Waals surface area (Å²) in [6.45, 7) is 4.67. The first kappa shape index (κ1) is 11.7. The van der Waals surface area contributed by atoms with Crippen molar-refractivity contribution in [2.24, 2.45) is 0 Å².